The molecule has 3 nitrogen and oxygen atoms in total. The minimum atomic E-state index is -1.25. The first-order valence-electron chi connectivity index (χ1n) is 6.44. The summed E-state index contributed by atoms with van der Waals surface area (Å²) in [7, 11) is 0. The summed E-state index contributed by atoms with van der Waals surface area (Å²) in [6, 6.07) is 8.27. The van der Waals surface area contributed by atoms with E-state index < -0.39 is 11.8 Å². The van der Waals surface area contributed by atoms with Crippen molar-refractivity contribution in [3.63, 3.8) is 0 Å². The molecule has 2 rings (SSSR count). The second-order valence-electron chi connectivity index (χ2n) is 4.50. The van der Waals surface area contributed by atoms with Crippen molar-refractivity contribution in [1.82, 2.24) is 0 Å². The highest BCUT2D eigenvalue weighted by Gasteiger charge is 2.14. The van der Waals surface area contributed by atoms with E-state index in [1.54, 1.807) is 17.4 Å². The van der Waals surface area contributed by atoms with Crippen LogP contribution in [0.1, 0.15) is 41.0 Å². The van der Waals surface area contributed by atoms with Crippen molar-refractivity contribution in [2.75, 3.05) is 5.32 Å². The van der Waals surface area contributed by atoms with Gasteiger partial charge in [-0.1, -0.05) is 19.4 Å². The molecule has 1 unspecified atom stereocenters. The summed E-state index contributed by atoms with van der Waals surface area (Å²) in [6.45, 7) is 2.09. The van der Waals surface area contributed by atoms with Gasteiger partial charge in [0, 0.05) is 10.6 Å². The highest BCUT2D eigenvalue weighted by molar-refractivity contribution is 7.10. The molecule has 1 atom stereocenters. The van der Waals surface area contributed by atoms with E-state index in [0.717, 1.165) is 12.8 Å². The van der Waals surface area contributed by atoms with Gasteiger partial charge in [-0.2, -0.15) is 0 Å². The first kappa shape index (κ1) is 14.5. The third-order valence-corrected chi connectivity index (χ3v) is 3.99. The lowest BCUT2D eigenvalue weighted by Crippen LogP contribution is -2.10. The van der Waals surface area contributed by atoms with Gasteiger partial charge in [-0.05, 0) is 36.1 Å². The van der Waals surface area contributed by atoms with Crippen LogP contribution in [0.15, 0.2) is 35.7 Å². The van der Waals surface area contributed by atoms with Crippen LogP contribution in [0.25, 0.3) is 0 Å². The summed E-state index contributed by atoms with van der Waals surface area (Å²) in [5, 5.41) is 14.1. The number of anilines is 1. The van der Waals surface area contributed by atoms with Crippen LogP contribution in [-0.2, 0) is 0 Å². The maximum atomic E-state index is 13.7. The van der Waals surface area contributed by atoms with Crippen LogP contribution in [0, 0.1) is 5.82 Å². The molecule has 5 heteroatoms. The molecule has 0 aliphatic carbocycles. The number of carboxylic acids is 1. The van der Waals surface area contributed by atoms with Crippen LogP contribution >= 0.6 is 11.3 Å². The topological polar surface area (TPSA) is 49.3 Å². The van der Waals surface area contributed by atoms with Crippen LogP contribution in [0.2, 0.25) is 0 Å². The fraction of sp³-hybridized carbons (Fsp3) is 0.267. The van der Waals surface area contributed by atoms with Gasteiger partial charge in [0.2, 0.25) is 0 Å². The van der Waals surface area contributed by atoms with Gasteiger partial charge >= 0.3 is 5.97 Å². The van der Waals surface area contributed by atoms with Crippen LogP contribution in [0.5, 0.6) is 0 Å². The van der Waals surface area contributed by atoms with Crippen LogP contribution < -0.4 is 5.32 Å². The molecule has 0 aliphatic rings. The Bertz CT molecular complexity index is 584. The summed E-state index contributed by atoms with van der Waals surface area (Å²) in [5.74, 6) is -1.97. The van der Waals surface area contributed by atoms with E-state index in [0.29, 0.717) is 5.69 Å². The van der Waals surface area contributed by atoms with E-state index in [1.165, 1.54) is 17.0 Å². The molecule has 2 N–H and O–H groups in total. The molecule has 20 heavy (non-hydrogen) atoms. The highest BCUT2D eigenvalue weighted by Crippen LogP contribution is 2.28. The number of hydrogen-bond donors (Lipinski definition) is 2. The molecule has 2 aromatic rings. The Kier molecular flexibility index (Phi) is 4.74. The number of thiophene rings is 1. The first-order valence-corrected chi connectivity index (χ1v) is 7.32. The molecule has 0 spiro atoms. The maximum Gasteiger partial charge on any atom is 0.338 e. The summed E-state index contributed by atoms with van der Waals surface area (Å²) < 4.78 is 13.7. The van der Waals surface area contributed by atoms with E-state index in [2.05, 4.69) is 12.2 Å². The fourth-order valence-corrected chi connectivity index (χ4v) is 2.86. The lowest BCUT2D eigenvalue weighted by atomic mass is 10.1. The molecule has 0 amide bonds. The average molecular weight is 293 g/mol. The van der Waals surface area contributed by atoms with Gasteiger partial charge in [-0.15, -0.1) is 11.3 Å². The summed E-state index contributed by atoms with van der Waals surface area (Å²) in [6.07, 6.45) is 1.94. The van der Waals surface area contributed by atoms with Crippen molar-refractivity contribution in [3.8, 4) is 0 Å². The van der Waals surface area contributed by atoms with E-state index >= 15 is 0 Å². The number of carbonyl (C=O) groups is 1. The number of aromatic carboxylic acids is 1. The van der Waals surface area contributed by atoms with Crippen molar-refractivity contribution in [2.24, 2.45) is 0 Å². The van der Waals surface area contributed by atoms with Gasteiger partial charge < -0.3 is 10.4 Å². The molecule has 1 heterocycles. The zero-order chi connectivity index (χ0) is 14.5. The standard InChI is InChI=1S/C15H16FNO2S/c1-2-4-13(14-5-3-8-20-14)17-10-6-7-11(15(18)19)12(16)9-10/h3,5-9,13,17H,2,4H2,1H3,(H,18,19). The minimum absolute atomic E-state index is 0.120. The molecule has 106 valence electrons. The number of benzene rings is 1. The molecular formula is C15H16FNO2S. The van der Waals surface area contributed by atoms with Crippen LogP contribution in [0.3, 0.4) is 0 Å². The molecule has 0 aliphatic heterocycles. The van der Waals surface area contributed by atoms with Crippen molar-refractivity contribution in [1.29, 1.82) is 0 Å². The van der Waals surface area contributed by atoms with Crippen molar-refractivity contribution in [2.45, 2.75) is 25.8 Å². The Morgan fingerprint density at radius 2 is 2.25 bits per heavy atom. The van der Waals surface area contributed by atoms with Gasteiger partial charge in [0.1, 0.15) is 5.82 Å². The maximum absolute atomic E-state index is 13.7. The van der Waals surface area contributed by atoms with Crippen LogP contribution in [-0.4, -0.2) is 11.1 Å². The second-order valence-corrected chi connectivity index (χ2v) is 5.48. The SMILES string of the molecule is CCCC(Nc1ccc(C(=O)O)c(F)c1)c1cccs1. The van der Waals surface area contributed by atoms with Gasteiger partial charge in [0.05, 0.1) is 11.6 Å². The van der Waals surface area contributed by atoms with E-state index in [4.69, 9.17) is 5.11 Å². The number of carboxylic acid groups (broad SMARTS) is 1. The monoisotopic (exact) mass is 293 g/mol. The number of hydrogen-bond acceptors (Lipinski definition) is 3. The quantitative estimate of drug-likeness (QED) is 0.822. The highest BCUT2D eigenvalue weighted by atomic mass is 32.1. The Morgan fingerprint density at radius 3 is 2.80 bits per heavy atom. The van der Waals surface area contributed by atoms with Crippen molar-refractivity contribution in [3.05, 3.63) is 52.0 Å². The van der Waals surface area contributed by atoms with Crippen LogP contribution in [0.4, 0.5) is 10.1 Å². The fourth-order valence-electron chi connectivity index (χ4n) is 2.04. The summed E-state index contributed by atoms with van der Waals surface area (Å²) >= 11 is 1.65. The van der Waals surface area contributed by atoms with Gasteiger partial charge in [-0.3, -0.25) is 0 Å². The lowest BCUT2D eigenvalue weighted by Gasteiger charge is -2.18. The van der Waals surface area contributed by atoms with Gasteiger partial charge in [0.15, 0.2) is 0 Å². The smallest absolute Gasteiger partial charge is 0.338 e. The largest absolute Gasteiger partial charge is 0.478 e. The predicted molar refractivity (Wildman–Crippen MR) is 79.0 cm³/mol. The Morgan fingerprint density at radius 1 is 1.45 bits per heavy atom. The van der Waals surface area contributed by atoms with Gasteiger partial charge in [0.25, 0.3) is 0 Å². The molecule has 0 radical (unpaired) electrons. The number of halogens is 1. The zero-order valence-corrected chi connectivity index (χ0v) is 11.9. The molecule has 0 bridgehead atoms. The lowest BCUT2D eigenvalue weighted by molar-refractivity contribution is 0.0692. The summed E-state index contributed by atoms with van der Waals surface area (Å²) in [4.78, 5) is 12.0. The third kappa shape index (κ3) is 3.36. The molecule has 1 aromatic carbocycles. The van der Waals surface area contributed by atoms with E-state index in [-0.39, 0.29) is 11.6 Å². The Balaban J connectivity index is 2.19. The van der Waals surface area contributed by atoms with Gasteiger partial charge in [-0.25, -0.2) is 9.18 Å². The van der Waals surface area contributed by atoms with Crippen molar-refractivity contribution >= 4 is 23.0 Å². The molecule has 1 aromatic heterocycles. The normalized spacial score (nSPS) is 12.1. The molecule has 0 saturated heterocycles. The zero-order valence-electron chi connectivity index (χ0n) is 11.1. The van der Waals surface area contributed by atoms with E-state index in [9.17, 15) is 9.18 Å². The minimum Gasteiger partial charge on any atom is -0.478 e. The molecule has 0 fully saturated rings. The molecular weight excluding hydrogens is 277 g/mol. The predicted octanol–water partition coefficient (Wildman–Crippen LogP) is 4.54. The second kappa shape index (κ2) is 6.52. The third-order valence-electron chi connectivity index (χ3n) is 3.00. The summed E-state index contributed by atoms with van der Waals surface area (Å²) in [5.41, 5.74) is 0.290. The number of rotatable bonds is 6. The van der Waals surface area contributed by atoms with Crippen molar-refractivity contribution < 1.29 is 14.3 Å². The number of nitrogens with one attached hydrogen (secondary N) is 1. The Hall–Kier alpha value is -1.88. The Labute approximate surface area is 121 Å². The molecule has 0 saturated carbocycles. The first-order chi connectivity index (χ1) is 9.61. The van der Waals surface area contributed by atoms with E-state index in [1.807, 2.05) is 17.5 Å². The average Bonchev–Trinajstić information content (AvgIpc) is 2.91.